The van der Waals surface area contributed by atoms with Crippen molar-refractivity contribution in [2.75, 3.05) is 0 Å². The van der Waals surface area contributed by atoms with Crippen molar-refractivity contribution in [2.24, 2.45) is 5.73 Å². The second kappa shape index (κ2) is 3.93. The summed E-state index contributed by atoms with van der Waals surface area (Å²) in [6, 6.07) is 4.36. The van der Waals surface area contributed by atoms with Gasteiger partial charge in [0.2, 0.25) is 0 Å². The van der Waals surface area contributed by atoms with Crippen LogP contribution in [0.15, 0.2) is 12.1 Å². The maximum Gasteiger partial charge on any atom is 0.104 e. The van der Waals surface area contributed by atoms with E-state index in [1.165, 1.54) is 16.7 Å². The molecule has 1 aromatic carbocycles. The smallest absolute Gasteiger partial charge is 0.104 e. The van der Waals surface area contributed by atoms with E-state index in [1.807, 2.05) is 0 Å². The molecule has 82 valence electrons. The van der Waals surface area contributed by atoms with Crippen molar-refractivity contribution in [3.05, 3.63) is 34.4 Å². The molecule has 0 aromatic heterocycles. The largest absolute Gasteiger partial charge is 0.389 e. The highest BCUT2D eigenvalue weighted by atomic mass is 32.1. The summed E-state index contributed by atoms with van der Waals surface area (Å²) >= 11 is 5.05. The van der Waals surface area contributed by atoms with Gasteiger partial charge >= 0.3 is 0 Å². The van der Waals surface area contributed by atoms with Crippen LogP contribution in [0.3, 0.4) is 0 Å². The zero-order valence-electron chi connectivity index (χ0n) is 10.1. The summed E-state index contributed by atoms with van der Waals surface area (Å²) in [5.41, 5.74) is 10.6. The Morgan fingerprint density at radius 2 is 1.53 bits per heavy atom. The summed E-state index contributed by atoms with van der Waals surface area (Å²) < 4.78 is 0. The third kappa shape index (κ3) is 2.57. The summed E-state index contributed by atoms with van der Waals surface area (Å²) in [7, 11) is 0. The first kappa shape index (κ1) is 12.2. The zero-order chi connectivity index (χ0) is 11.8. The Balaban J connectivity index is 3.39. The van der Waals surface area contributed by atoms with Gasteiger partial charge in [0.15, 0.2) is 0 Å². The average Bonchev–Trinajstić information content (AvgIpc) is 1.99. The van der Waals surface area contributed by atoms with Crippen LogP contribution in [0.25, 0.3) is 0 Å². The molecule has 0 saturated carbocycles. The predicted molar refractivity (Wildman–Crippen MR) is 70.5 cm³/mol. The minimum atomic E-state index is 0.171. The maximum absolute atomic E-state index is 5.71. The number of hydrogen-bond donors (Lipinski definition) is 1. The molecule has 0 aliphatic rings. The van der Waals surface area contributed by atoms with Gasteiger partial charge in [-0.2, -0.15) is 0 Å². The number of aryl methyl sites for hydroxylation is 2. The molecule has 0 spiro atoms. The van der Waals surface area contributed by atoms with Crippen molar-refractivity contribution in [1.29, 1.82) is 0 Å². The van der Waals surface area contributed by atoms with Crippen LogP contribution in [0.5, 0.6) is 0 Å². The molecule has 0 fully saturated rings. The second-order valence-corrected chi connectivity index (χ2v) is 5.54. The Morgan fingerprint density at radius 3 is 1.80 bits per heavy atom. The number of benzene rings is 1. The van der Waals surface area contributed by atoms with E-state index in [0.717, 1.165) is 5.56 Å². The van der Waals surface area contributed by atoms with Gasteiger partial charge in [0.05, 0.1) is 0 Å². The average molecular weight is 221 g/mol. The van der Waals surface area contributed by atoms with Crippen LogP contribution in [-0.2, 0) is 5.41 Å². The van der Waals surface area contributed by atoms with Gasteiger partial charge in [0, 0.05) is 5.56 Å². The van der Waals surface area contributed by atoms with E-state index in [4.69, 9.17) is 18.0 Å². The molecule has 2 N–H and O–H groups in total. The van der Waals surface area contributed by atoms with Gasteiger partial charge in [-0.25, -0.2) is 0 Å². The van der Waals surface area contributed by atoms with Crippen molar-refractivity contribution in [3.8, 4) is 0 Å². The van der Waals surface area contributed by atoms with Gasteiger partial charge in [-0.3, -0.25) is 0 Å². The molecular formula is C13H19NS. The molecule has 0 aliphatic heterocycles. The van der Waals surface area contributed by atoms with Gasteiger partial charge in [-0.15, -0.1) is 0 Å². The molecule has 1 aromatic rings. The molecular weight excluding hydrogens is 202 g/mol. The Hall–Kier alpha value is -0.890. The number of hydrogen-bond acceptors (Lipinski definition) is 1. The van der Waals surface area contributed by atoms with Crippen LogP contribution in [0.2, 0.25) is 0 Å². The number of rotatable bonds is 1. The molecule has 15 heavy (non-hydrogen) atoms. The highest BCUT2D eigenvalue weighted by Gasteiger charge is 2.16. The maximum atomic E-state index is 5.71. The molecule has 0 atom stereocenters. The summed E-state index contributed by atoms with van der Waals surface area (Å²) in [6.07, 6.45) is 0. The lowest BCUT2D eigenvalue weighted by Gasteiger charge is -2.22. The molecule has 1 rings (SSSR count). The monoisotopic (exact) mass is 221 g/mol. The first-order valence-electron chi connectivity index (χ1n) is 5.15. The normalized spacial score (nSPS) is 11.5. The minimum absolute atomic E-state index is 0.171. The summed E-state index contributed by atoms with van der Waals surface area (Å²) in [5.74, 6) is 0. The fraction of sp³-hybridized carbons (Fsp3) is 0.462. The lowest BCUT2D eigenvalue weighted by Crippen LogP contribution is -2.17. The van der Waals surface area contributed by atoms with E-state index in [0.29, 0.717) is 4.99 Å². The minimum Gasteiger partial charge on any atom is -0.389 e. The molecule has 0 saturated heterocycles. The number of thiocarbonyl (C=S) groups is 1. The van der Waals surface area contributed by atoms with E-state index >= 15 is 0 Å². The van der Waals surface area contributed by atoms with Crippen LogP contribution in [0, 0.1) is 13.8 Å². The molecule has 0 aliphatic carbocycles. The van der Waals surface area contributed by atoms with Crippen LogP contribution in [0.1, 0.15) is 43.0 Å². The van der Waals surface area contributed by atoms with Crippen molar-refractivity contribution < 1.29 is 0 Å². The molecule has 0 bridgehead atoms. The predicted octanol–water partition coefficient (Wildman–Crippen LogP) is 3.24. The van der Waals surface area contributed by atoms with E-state index < -0.39 is 0 Å². The second-order valence-electron chi connectivity index (χ2n) is 5.10. The Labute approximate surface area is 97.7 Å². The Kier molecular flexibility index (Phi) is 3.19. The third-order valence-corrected chi connectivity index (χ3v) is 2.85. The first-order valence-corrected chi connectivity index (χ1v) is 5.56. The van der Waals surface area contributed by atoms with E-state index in [-0.39, 0.29) is 5.41 Å². The highest BCUT2D eigenvalue weighted by Crippen LogP contribution is 2.26. The van der Waals surface area contributed by atoms with Gasteiger partial charge in [0.25, 0.3) is 0 Å². The van der Waals surface area contributed by atoms with Crippen LogP contribution in [0.4, 0.5) is 0 Å². The highest BCUT2D eigenvalue weighted by molar-refractivity contribution is 7.80. The van der Waals surface area contributed by atoms with E-state index in [9.17, 15) is 0 Å². The van der Waals surface area contributed by atoms with E-state index in [2.05, 4.69) is 46.8 Å². The van der Waals surface area contributed by atoms with Gasteiger partial charge in [-0.1, -0.05) is 45.1 Å². The standard InChI is InChI=1S/C13H19NS/c1-8-6-10(13(3,4)5)7-9(2)11(8)12(14)15/h6-7H,1-5H3,(H2,14,15). The lowest BCUT2D eigenvalue weighted by atomic mass is 9.84. The van der Waals surface area contributed by atoms with Crippen molar-refractivity contribution in [1.82, 2.24) is 0 Å². The fourth-order valence-corrected chi connectivity index (χ4v) is 2.11. The van der Waals surface area contributed by atoms with Crippen molar-refractivity contribution >= 4 is 17.2 Å². The summed E-state index contributed by atoms with van der Waals surface area (Å²) in [6.45, 7) is 10.8. The lowest BCUT2D eigenvalue weighted by molar-refractivity contribution is 0.589. The Morgan fingerprint density at radius 1 is 1.13 bits per heavy atom. The quantitative estimate of drug-likeness (QED) is 0.737. The van der Waals surface area contributed by atoms with Crippen molar-refractivity contribution in [2.45, 2.75) is 40.0 Å². The first-order chi connectivity index (χ1) is 6.73. The SMILES string of the molecule is Cc1cc(C(C)(C)C)cc(C)c1C(N)=S. The summed E-state index contributed by atoms with van der Waals surface area (Å²) in [5, 5.41) is 0. The zero-order valence-corrected chi connectivity index (χ0v) is 11.0. The van der Waals surface area contributed by atoms with Gasteiger partial charge in [-0.05, 0) is 36.0 Å². The number of nitrogens with two attached hydrogens (primary N) is 1. The van der Waals surface area contributed by atoms with Gasteiger partial charge < -0.3 is 5.73 Å². The third-order valence-electron chi connectivity index (χ3n) is 2.65. The topological polar surface area (TPSA) is 26.0 Å². The Bertz CT molecular complexity index is 376. The van der Waals surface area contributed by atoms with Crippen LogP contribution < -0.4 is 5.73 Å². The molecule has 0 amide bonds. The molecule has 0 heterocycles. The molecule has 1 nitrogen and oxygen atoms in total. The van der Waals surface area contributed by atoms with Crippen LogP contribution >= 0.6 is 12.2 Å². The molecule has 0 radical (unpaired) electrons. The molecule has 2 heteroatoms. The van der Waals surface area contributed by atoms with Crippen molar-refractivity contribution in [3.63, 3.8) is 0 Å². The summed E-state index contributed by atoms with van der Waals surface area (Å²) in [4.78, 5) is 0.491. The fourth-order valence-electron chi connectivity index (χ4n) is 1.79. The molecule has 0 unspecified atom stereocenters. The van der Waals surface area contributed by atoms with Gasteiger partial charge in [0.1, 0.15) is 4.99 Å². The van der Waals surface area contributed by atoms with Crippen LogP contribution in [-0.4, -0.2) is 4.99 Å². The van der Waals surface area contributed by atoms with E-state index in [1.54, 1.807) is 0 Å².